The molecule has 0 spiro atoms. The van der Waals surface area contributed by atoms with E-state index >= 15 is 0 Å². The van der Waals surface area contributed by atoms with Crippen molar-refractivity contribution < 1.29 is 0 Å². The van der Waals surface area contributed by atoms with Crippen molar-refractivity contribution in [2.45, 2.75) is 0 Å². The molecule has 0 saturated heterocycles. The van der Waals surface area contributed by atoms with Crippen LogP contribution >= 0.6 is 0 Å². The van der Waals surface area contributed by atoms with Crippen molar-refractivity contribution in [3.63, 3.8) is 0 Å². The predicted octanol–water partition coefficient (Wildman–Crippen LogP) is 1.42. The Hall–Kier alpha value is -2.35. The molecule has 0 aliphatic heterocycles. The van der Waals surface area contributed by atoms with E-state index in [0.717, 1.165) is 0 Å². The molecule has 0 amide bonds. The van der Waals surface area contributed by atoms with Crippen LogP contribution in [-0.2, 0) is 0 Å². The SMILES string of the molecule is N#Cc1ccnc(Nc2cc[nH]n2)c1. The number of aromatic nitrogens is 3. The van der Waals surface area contributed by atoms with Gasteiger partial charge in [-0.25, -0.2) is 4.98 Å². The lowest BCUT2D eigenvalue weighted by molar-refractivity contribution is 1.09. The third kappa shape index (κ3) is 1.69. The first-order valence-electron chi connectivity index (χ1n) is 4.01. The summed E-state index contributed by atoms with van der Waals surface area (Å²) in [4.78, 5) is 4.05. The number of H-pyrrole nitrogens is 1. The summed E-state index contributed by atoms with van der Waals surface area (Å²) in [5, 5.41) is 18.2. The maximum absolute atomic E-state index is 8.66. The first kappa shape index (κ1) is 8.26. The van der Waals surface area contributed by atoms with Gasteiger partial charge in [-0.1, -0.05) is 0 Å². The van der Waals surface area contributed by atoms with Gasteiger partial charge in [0.05, 0.1) is 11.6 Å². The van der Waals surface area contributed by atoms with Crippen LogP contribution in [0.15, 0.2) is 30.6 Å². The van der Waals surface area contributed by atoms with Crippen LogP contribution in [0.5, 0.6) is 0 Å². The minimum atomic E-state index is 0.568. The smallest absolute Gasteiger partial charge is 0.153 e. The van der Waals surface area contributed by atoms with Gasteiger partial charge in [-0.05, 0) is 12.1 Å². The first-order chi connectivity index (χ1) is 6.88. The van der Waals surface area contributed by atoms with Crippen molar-refractivity contribution in [2.24, 2.45) is 0 Å². The van der Waals surface area contributed by atoms with E-state index in [1.54, 1.807) is 30.6 Å². The predicted molar refractivity (Wildman–Crippen MR) is 50.8 cm³/mol. The van der Waals surface area contributed by atoms with E-state index in [-0.39, 0.29) is 0 Å². The number of anilines is 2. The van der Waals surface area contributed by atoms with Crippen LogP contribution in [0.1, 0.15) is 5.56 Å². The van der Waals surface area contributed by atoms with Gasteiger partial charge >= 0.3 is 0 Å². The molecular formula is C9H7N5. The third-order valence-corrected chi connectivity index (χ3v) is 1.65. The van der Waals surface area contributed by atoms with E-state index in [9.17, 15) is 0 Å². The second-order valence-corrected chi connectivity index (χ2v) is 2.63. The summed E-state index contributed by atoms with van der Waals surface area (Å²) < 4.78 is 0. The lowest BCUT2D eigenvalue weighted by Crippen LogP contribution is -1.93. The molecule has 0 atom stereocenters. The zero-order chi connectivity index (χ0) is 9.80. The molecule has 2 rings (SSSR count). The molecule has 0 radical (unpaired) electrons. The average Bonchev–Trinajstić information content (AvgIpc) is 2.71. The molecule has 2 aromatic rings. The molecule has 5 heteroatoms. The molecule has 0 aliphatic carbocycles. The molecule has 14 heavy (non-hydrogen) atoms. The van der Waals surface area contributed by atoms with E-state index in [1.807, 2.05) is 6.07 Å². The fourth-order valence-electron chi connectivity index (χ4n) is 1.03. The highest BCUT2D eigenvalue weighted by Gasteiger charge is 1.98. The highest BCUT2D eigenvalue weighted by Crippen LogP contribution is 2.11. The molecule has 5 nitrogen and oxygen atoms in total. The highest BCUT2D eigenvalue weighted by atomic mass is 15.2. The number of nitrogens with zero attached hydrogens (tertiary/aromatic N) is 3. The zero-order valence-corrected chi connectivity index (χ0v) is 7.23. The molecule has 68 valence electrons. The standard InChI is InChI=1S/C9H7N5/c10-6-7-1-3-11-9(5-7)13-8-2-4-12-14-8/h1-5H,(H2,11,12,13,14). The fourth-order valence-corrected chi connectivity index (χ4v) is 1.03. The molecule has 2 heterocycles. The van der Waals surface area contributed by atoms with Crippen LogP contribution < -0.4 is 5.32 Å². The number of rotatable bonds is 2. The van der Waals surface area contributed by atoms with Gasteiger partial charge in [0.25, 0.3) is 0 Å². The number of hydrogen-bond acceptors (Lipinski definition) is 4. The maximum Gasteiger partial charge on any atom is 0.153 e. The Morgan fingerprint density at radius 1 is 1.36 bits per heavy atom. The zero-order valence-electron chi connectivity index (χ0n) is 7.23. The molecule has 2 aromatic heterocycles. The summed E-state index contributed by atoms with van der Waals surface area (Å²) in [5.41, 5.74) is 0.568. The van der Waals surface area contributed by atoms with Gasteiger partial charge in [0.2, 0.25) is 0 Å². The Morgan fingerprint density at radius 2 is 2.29 bits per heavy atom. The van der Waals surface area contributed by atoms with Crippen molar-refractivity contribution in [1.29, 1.82) is 5.26 Å². The van der Waals surface area contributed by atoms with Crippen molar-refractivity contribution in [3.8, 4) is 6.07 Å². The van der Waals surface area contributed by atoms with Crippen LogP contribution in [-0.4, -0.2) is 15.2 Å². The summed E-state index contributed by atoms with van der Waals surface area (Å²) in [6, 6.07) is 7.13. The number of pyridine rings is 1. The molecule has 0 aromatic carbocycles. The Bertz CT molecular complexity index is 454. The molecule has 2 N–H and O–H groups in total. The van der Waals surface area contributed by atoms with E-state index in [2.05, 4.69) is 20.5 Å². The molecule has 0 saturated carbocycles. The third-order valence-electron chi connectivity index (χ3n) is 1.65. The van der Waals surface area contributed by atoms with E-state index in [0.29, 0.717) is 17.2 Å². The Kier molecular flexibility index (Phi) is 2.11. The molecule has 0 fully saturated rings. The van der Waals surface area contributed by atoms with Crippen LogP contribution in [0.2, 0.25) is 0 Å². The second-order valence-electron chi connectivity index (χ2n) is 2.63. The van der Waals surface area contributed by atoms with E-state index in [1.165, 1.54) is 0 Å². The minimum Gasteiger partial charge on any atom is -0.323 e. The summed E-state index contributed by atoms with van der Waals surface area (Å²) in [6.07, 6.45) is 3.28. The van der Waals surface area contributed by atoms with Gasteiger partial charge in [0, 0.05) is 18.5 Å². The van der Waals surface area contributed by atoms with Crippen molar-refractivity contribution in [1.82, 2.24) is 15.2 Å². The Labute approximate surface area is 80.4 Å². The van der Waals surface area contributed by atoms with Gasteiger partial charge in [0.1, 0.15) is 5.82 Å². The number of aromatic amines is 1. The fraction of sp³-hybridized carbons (Fsp3) is 0. The van der Waals surface area contributed by atoms with Gasteiger partial charge in [-0.15, -0.1) is 0 Å². The van der Waals surface area contributed by atoms with Crippen LogP contribution in [0.4, 0.5) is 11.6 Å². The summed E-state index contributed by atoms with van der Waals surface area (Å²) in [6.45, 7) is 0. The maximum atomic E-state index is 8.66. The van der Waals surface area contributed by atoms with Crippen molar-refractivity contribution >= 4 is 11.6 Å². The Balaban J connectivity index is 2.22. The summed E-state index contributed by atoms with van der Waals surface area (Å²) >= 11 is 0. The number of nitrogens with one attached hydrogen (secondary N) is 2. The molecule has 0 aliphatic rings. The highest BCUT2D eigenvalue weighted by molar-refractivity contribution is 5.52. The topological polar surface area (TPSA) is 77.4 Å². The number of nitriles is 1. The van der Waals surface area contributed by atoms with Crippen molar-refractivity contribution in [3.05, 3.63) is 36.2 Å². The van der Waals surface area contributed by atoms with Gasteiger partial charge in [-0.2, -0.15) is 10.4 Å². The minimum absolute atomic E-state index is 0.568. The monoisotopic (exact) mass is 185 g/mol. The molecule has 0 unspecified atom stereocenters. The second kappa shape index (κ2) is 3.58. The van der Waals surface area contributed by atoms with Gasteiger partial charge in [0.15, 0.2) is 5.82 Å². The van der Waals surface area contributed by atoms with Gasteiger partial charge < -0.3 is 5.32 Å². The van der Waals surface area contributed by atoms with E-state index < -0.39 is 0 Å². The van der Waals surface area contributed by atoms with Crippen LogP contribution in [0.25, 0.3) is 0 Å². The van der Waals surface area contributed by atoms with Crippen molar-refractivity contribution in [2.75, 3.05) is 5.32 Å². The lowest BCUT2D eigenvalue weighted by Gasteiger charge is -2.00. The Morgan fingerprint density at radius 3 is 3.00 bits per heavy atom. The summed E-state index contributed by atoms with van der Waals surface area (Å²) in [7, 11) is 0. The lowest BCUT2D eigenvalue weighted by atomic mass is 10.3. The van der Waals surface area contributed by atoms with Gasteiger partial charge in [-0.3, -0.25) is 5.10 Å². The van der Waals surface area contributed by atoms with Crippen LogP contribution in [0.3, 0.4) is 0 Å². The average molecular weight is 185 g/mol. The quantitative estimate of drug-likeness (QED) is 0.741. The van der Waals surface area contributed by atoms with E-state index in [4.69, 9.17) is 5.26 Å². The largest absolute Gasteiger partial charge is 0.323 e. The first-order valence-corrected chi connectivity index (χ1v) is 4.01. The number of hydrogen-bond donors (Lipinski definition) is 2. The molecular weight excluding hydrogens is 178 g/mol. The van der Waals surface area contributed by atoms with Crippen LogP contribution in [0, 0.1) is 11.3 Å². The normalized spacial score (nSPS) is 9.36. The molecule has 0 bridgehead atoms. The summed E-state index contributed by atoms with van der Waals surface area (Å²) in [5.74, 6) is 1.28.